The van der Waals surface area contributed by atoms with Crippen molar-refractivity contribution in [3.05, 3.63) is 90.0 Å². The summed E-state index contributed by atoms with van der Waals surface area (Å²) in [4.78, 5) is 12.1. The van der Waals surface area contributed by atoms with Crippen LogP contribution in [0.25, 0.3) is 0 Å². The van der Waals surface area contributed by atoms with Crippen LogP contribution in [0.2, 0.25) is 0 Å². The zero-order valence-electron chi connectivity index (χ0n) is 13.8. The van der Waals surface area contributed by atoms with Gasteiger partial charge in [0.25, 0.3) is 0 Å². The van der Waals surface area contributed by atoms with E-state index in [2.05, 4.69) is 0 Å². The van der Waals surface area contributed by atoms with Gasteiger partial charge in [-0.25, -0.2) is 0 Å². The third-order valence-electron chi connectivity index (χ3n) is 4.11. The van der Waals surface area contributed by atoms with Gasteiger partial charge in [0.2, 0.25) is 0 Å². The van der Waals surface area contributed by atoms with Crippen LogP contribution < -0.4 is 15.9 Å². The van der Waals surface area contributed by atoms with Gasteiger partial charge in [-0.1, -0.05) is 78.4 Å². The Balaban J connectivity index is 2.37. The van der Waals surface area contributed by atoms with Crippen molar-refractivity contribution in [2.24, 2.45) is 0 Å². The summed E-state index contributed by atoms with van der Waals surface area (Å²) < 4.78 is 14.3. The number of rotatable bonds is 4. The average Bonchev–Trinajstić information content (AvgIpc) is 2.61. The molecular formula is C21H19O2P. The molecule has 0 aliphatic carbocycles. The number of carbonyl (C=O) groups excluding carboxylic acids is 1. The Morgan fingerprint density at radius 3 is 2.08 bits per heavy atom. The van der Waals surface area contributed by atoms with Crippen LogP contribution >= 0.6 is 7.14 Å². The van der Waals surface area contributed by atoms with E-state index in [4.69, 9.17) is 0 Å². The Labute approximate surface area is 142 Å². The summed E-state index contributed by atoms with van der Waals surface area (Å²) in [5.74, 6) is -0.0746. The maximum atomic E-state index is 14.3. The summed E-state index contributed by atoms with van der Waals surface area (Å²) in [7, 11) is -3.12. The minimum atomic E-state index is -3.12. The minimum Gasteiger partial charge on any atom is -0.309 e. The predicted molar refractivity (Wildman–Crippen MR) is 101 cm³/mol. The molecule has 0 saturated heterocycles. The van der Waals surface area contributed by atoms with Crippen molar-refractivity contribution in [3.63, 3.8) is 0 Å². The summed E-state index contributed by atoms with van der Waals surface area (Å²) >= 11 is 0. The lowest BCUT2D eigenvalue weighted by molar-refractivity contribution is 0.101. The first kappa shape index (κ1) is 16.4. The molecule has 24 heavy (non-hydrogen) atoms. The molecule has 2 nitrogen and oxygen atoms in total. The maximum absolute atomic E-state index is 14.3. The van der Waals surface area contributed by atoms with Gasteiger partial charge in [0.05, 0.1) is 0 Å². The summed E-state index contributed by atoms with van der Waals surface area (Å²) in [5, 5.41) is 2.10. The first-order valence-electron chi connectivity index (χ1n) is 7.87. The molecule has 0 fully saturated rings. The lowest BCUT2D eigenvalue weighted by atomic mass is 10.1. The van der Waals surface area contributed by atoms with Gasteiger partial charge >= 0.3 is 0 Å². The number of Topliss-reactive ketones (excluding diaryl/α,β-unsaturated/α-hetero) is 1. The van der Waals surface area contributed by atoms with E-state index < -0.39 is 7.14 Å². The highest BCUT2D eigenvalue weighted by atomic mass is 31.2. The summed E-state index contributed by atoms with van der Waals surface area (Å²) in [6.07, 6.45) is 0. The van der Waals surface area contributed by atoms with E-state index in [0.717, 1.165) is 16.2 Å². The molecule has 3 aromatic carbocycles. The zero-order chi connectivity index (χ0) is 17.2. The molecule has 0 aromatic heterocycles. The first-order chi connectivity index (χ1) is 11.5. The number of hydrogen-bond acceptors (Lipinski definition) is 2. The lowest BCUT2D eigenvalue weighted by Gasteiger charge is -2.22. The van der Waals surface area contributed by atoms with Crippen LogP contribution in [-0.4, -0.2) is 5.78 Å². The third-order valence-corrected chi connectivity index (χ3v) is 7.21. The molecule has 0 bridgehead atoms. The Morgan fingerprint density at radius 2 is 1.42 bits per heavy atom. The van der Waals surface area contributed by atoms with E-state index >= 15 is 0 Å². The molecule has 120 valence electrons. The molecule has 0 saturated carbocycles. The average molecular weight is 334 g/mol. The van der Waals surface area contributed by atoms with Gasteiger partial charge in [-0.3, -0.25) is 4.79 Å². The molecule has 3 heteroatoms. The van der Waals surface area contributed by atoms with Gasteiger partial charge in [0.1, 0.15) is 0 Å². The van der Waals surface area contributed by atoms with Crippen molar-refractivity contribution in [1.82, 2.24) is 0 Å². The van der Waals surface area contributed by atoms with Crippen LogP contribution in [-0.2, 0) is 4.57 Å². The van der Waals surface area contributed by atoms with Gasteiger partial charge in [0, 0.05) is 21.5 Å². The predicted octanol–water partition coefficient (Wildman–Crippen LogP) is 3.84. The number of ketones is 1. The second kappa shape index (κ2) is 6.59. The molecule has 0 heterocycles. The van der Waals surface area contributed by atoms with Crippen LogP contribution in [0.15, 0.2) is 78.9 Å². The molecule has 0 aliphatic heterocycles. The molecular weight excluding hydrogens is 315 g/mol. The highest BCUT2D eigenvalue weighted by Crippen LogP contribution is 2.43. The van der Waals surface area contributed by atoms with E-state index in [1.54, 1.807) is 6.07 Å². The van der Waals surface area contributed by atoms with Crippen molar-refractivity contribution in [1.29, 1.82) is 0 Å². The zero-order valence-corrected chi connectivity index (χ0v) is 14.7. The molecule has 0 spiro atoms. The van der Waals surface area contributed by atoms with Crippen molar-refractivity contribution in [2.75, 3.05) is 0 Å². The maximum Gasteiger partial charge on any atom is 0.171 e. The van der Waals surface area contributed by atoms with Crippen LogP contribution in [0, 0.1) is 6.92 Å². The van der Waals surface area contributed by atoms with E-state index in [9.17, 15) is 9.36 Å². The smallest absolute Gasteiger partial charge is 0.171 e. The Hall–Kier alpha value is -2.44. The molecule has 1 atom stereocenters. The van der Waals surface area contributed by atoms with Gasteiger partial charge in [-0.05, 0) is 19.9 Å². The summed E-state index contributed by atoms with van der Waals surface area (Å²) in [5.41, 5.74) is 1.56. The van der Waals surface area contributed by atoms with E-state index in [1.807, 2.05) is 79.7 Å². The first-order valence-corrected chi connectivity index (χ1v) is 9.57. The topological polar surface area (TPSA) is 34.1 Å². The molecule has 0 amide bonds. The van der Waals surface area contributed by atoms with Crippen LogP contribution in [0.3, 0.4) is 0 Å². The second-order valence-corrected chi connectivity index (χ2v) is 8.59. The fraction of sp³-hybridized carbons (Fsp3) is 0.0952. The van der Waals surface area contributed by atoms with Crippen LogP contribution in [0.4, 0.5) is 0 Å². The van der Waals surface area contributed by atoms with Gasteiger partial charge in [0.15, 0.2) is 12.9 Å². The Bertz CT molecular complexity index is 929. The molecule has 3 aromatic rings. The van der Waals surface area contributed by atoms with Gasteiger partial charge in [-0.15, -0.1) is 0 Å². The minimum absolute atomic E-state index is 0.0746. The highest BCUT2D eigenvalue weighted by molar-refractivity contribution is 7.85. The molecule has 0 aliphatic rings. The monoisotopic (exact) mass is 334 g/mol. The highest BCUT2D eigenvalue weighted by Gasteiger charge is 2.32. The normalized spacial score (nSPS) is 13.2. The number of aryl methyl sites for hydroxylation is 1. The standard InChI is InChI=1S/C21H19O2P/c1-16-9-8-12-19(15-16)24(23,18-10-4-3-5-11-18)21-14-7-6-13-20(21)17(2)22/h3-15H,1-2H3. The fourth-order valence-corrected chi connectivity index (χ4v) is 5.93. The quantitative estimate of drug-likeness (QED) is 0.537. The number of hydrogen-bond donors (Lipinski definition) is 0. The largest absolute Gasteiger partial charge is 0.309 e. The fourth-order valence-electron chi connectivity index (χ4n) is 2.93. The van der Waals surface area contributed by atoms with E-state index in [0.29, 0.717) is 10.9 Å². The number of carbonyl (C=O) groups is 1. The molecule has 0 radical (unpaired) electrons. The Morgan fingerprint density at radius 1 is 0.792 bits per heavy atom. The molecule has 0 N–H and O–H groups in total. The van der Waals surface area contributed by atoms with Gasteiger partial charge in [-0.2, -0.15) is 0 Å². The van der Waals surface area contributed by atoms with Crippen molar-refractivity contribution < 1.29 is 9.36 Å². The number of benzene rings is 3. The SMILES string of the molecule is CC(=O)c1ccccc1P(=O)(c1ccccc1)c1cccc(C)c1. The Kier molecular flexibility index (Phi) is 4.51. The van der Waals surface area contributed by atoms with Crippen LogP contribution in [0.5, 0.6) is 0 Å². The third kappa shape index (κ3) is 2.86. The molecule has 3 rings (SSSR count). The van der Waals surface area contributed by atoms with E-state index in [1.165, 1.54) is 6.92 Å². The van der Waals surface area contributed by atoms with E-state index in [-0.39, 0.29) is 5.78 Å². The van der Waals surface area contributed by atoms with Gasteiger partial charge < -0.3 is 4.57 Å². The summed E-state index contributed by atoms with van der Waals surface area (Å²) in [6, 6.07) is 24.4. The molecule has 1 unspecified atom stereocenters. The van der Waals surface area contributed by atoms with Crippen molar-refractivity contribution >= 4 is 28.8 Å². The van der Waals surface area contributed by atoms with Crippen molar-refractivity contribution in [2.45, 2.75) is 13.8 Å². The lowest BCUT2D eigenvalue weighted by Crippen LogP contribution is -2.28. The van der Waals surface area contributed by atoms with Crippen molar-refractivity contribution in [3.8, 4) is 0 Å². The van der Waals surface area contributed by atoms with Crippen LogP contribution in [0.1, 0.15) is 22.8 Å². The second-order valence-electron chi connectivity index (χ2n) is 5.86. The summed E-state index contributed by atoms with van der Waals surface area (Å²) in [6.45, 7) is 3.50.